The molecule has 0 radical (unpaired) electrons. The second kappa shape index (κ2) is 8.11. The number of hydrogen-bond acceptors (Lipinski definition) is 3. The largest absolute Gasteiger partial charge is 0.352 e. The predicted octanol–water partition coefficient (Wildman–Crippen LogP) is 4.67. The Morgan fingerprint density at radius 1 is 1.26 bits per heavy atom. The molecule has 4 nitrogen and oxygen atoms in total. The van der Waals surface area contributed by atoms with Crippen molar-refractivity contribution < 1.29 is 4.79 Å². The molecule has 0 fully saturated rings. The quantitative estimate of drug-likeness (QED) is 0.770. The molecule has 122 valence electrons. The van der Waals surface area contributed by atoms with Crippen LogP contribution < -0.4 is 10.6 Å². The number of amides is 1. The van der Waals surface area contributed by atoms with Crippen molar-refractivity contribution in [1.82, 2.24) is 10.3 Å². The lowest BCUT2D eigenvalue weighted by molar-refractivity contribution is 0.0952. The molecule has 1 amide bonds. The standard InChI is InChI=1S/C18H22BrN3O/c1-12(2)6-8-21-18(23)14-7-9-20-17(11-14)22-16-5-4-15(19)10-13(16)3/h4-5,7,9-12H,6,8H2,1-3H3,(H,20,22)(H,21,23). The number of hydrogen-bond donors (Lipinski definition) is 2. The molecule has 0 saturated heterocycles. The molecule has 0 bridgehead atoms. The van der Waals surface area contributed by atoms with Gasteiger partial charge in [-0.25, -0.2) is 4.98 Å². The van der Waals surface area contributed by atoms with Crippen LogP contribution in [0.1, 0.15) is 36.2 Å². The minimum atomic E-state index is -0.0661. The minimum Gasteiger partial charge on any atom is -0.352 e. The monoisotopic (exact) mass is 375 g/mol. The molecule has 0 saturated carbocycles. The molecule has 2 N–H and O–H groups in total. The summed E-state index contributed by atoms with van der Waals surface area (Å²) < 4.78 is 1.03. The Kier molecular flexibility index (Phi) is 6.16. The van der Waals surface area contributed by atoms with Crippen molar-refractivity contribution in [3.05, 3.63) is 52.1 Å². The van der Waals surface area contributed by atoms with Gasteiger partial charge in [0.1, 0.15) is 5.82 Å². The van der Waals surface area contributed by atoms with Gasteiger partial charge in [-0.1, -0.05) is 29.8 Å². The number of rotatable bonds is 6. The van der Waals surface area contributed by atoms with Gasteiger partial charge >= 0.3 is 0 Å². The van der Waals surface area contributed by atoms with Crippen LogP contribution in [0.25, 0.3) is 0 Å². The Hall–Kier alpha value is -1.88. The van der Waals surface area contributed by atoms with Gasteiger partial charge in [-0.2, -0.15) is 0 Å². The molecule has 0 spiro atoms. The van der Waals surface area contributed by atoms with Crippen LogP contribution >= 0.6 is 15.9 Å². The molecule has 2 rings (SSSR count). The topological polar surface area (TPSA) is 54.0 Å². The first-order valence-corrected chi connectivity index (χ1v) is 8.52. The van der Waals surface area contributed by atoms with E-state index in [2.05, 4.69) is 45.4 Å². The second-order valence-corrected chi connectivity index (χ2v) is 6.87. The number of nitrogens with one attached hydrogen (secondary N) is 2. The summed E-state index contributed by atoms with van der Waals surface area (Å²) in [5.74, 6) is 1.17. The number of benzene rings is 1. The van der Waals surface area contributed by atoms with E-state index in [1.54, 1.807) is 18.3 Å². The van der Waals surface area contributed by atoms with E-state index in [1.165, 1.54) is 0 Å². The van der Waals surface area contributed by atoms with E-state index in [9.17, 15) is 4.79 Å². The zero-order chi connectivity index (χ0) is 16.8. The number of aryl methyl sites for hydroxylation is 1. The maximum Gasteiger partial charge on any atom is 0.251 e. The van der Waals surface area contributed by atoms with Crippen molar-refractivity contribution in [2.75, 3.05) is 11.9 Å². The summed E-state index contributed by atoms with van der Waals surface area (Å²) in [6.07, 6.45) is 2.62. The van der Waals surface area contributed by atoms with Crippen molar-refractivity contribution in [1.29, 1.82) is 0 Å². The van der Waals surface area contributed by atoms with Crippen molar-refractivity contribution in [3.8, 4) is 0 Å². The second-order valence-electron chi connectivity index (χ2n) is 5.95. The third-order valence-corrected chi connectivity index (χ3v) is 3.97. The molecule has 1 aromatic carbocycles. The summed E-state index contributed by atoms with van der Waals surface area (Å²) in [5, 5.41) is 6.20. The van der Waals surface area contributed by atoms with Crippen molar-refractivity contribution in [2.24, 2.45) is 5.92 Å². The Bertz CT molecular complexity index is 686. The van der Waals surface area contributed by atoms with Gasteiger partial charge in [0.05, 0.1) is 0 Å². The van der Waals surface area contributed by atoms with Crippen molar-refractivity contribution in [2.45, 2.75) is 27.2 Å². The minimum absolute atomic E-state index is 0.0661. The van der Waals surface area contributed by atoms with E-state index in [0.29, 0.717) is 23.8 Å². The Labute approximate surface area is 145 Å². The summed E-state index contributed by atoms with van der Waals surface area (Å²) >= 11 is 3.45. The van der Waals surface area contributed by atoms with Gasteiger partial charge in [0.2, 0.25) is 0 Å². The van der Waals surface area contributed by atoms with Crippen LogP contribution in [0.2, 0.25) is 0 Å². The number of nitrogens with zero attached hydrogens (tertiary/aromatic N) is 1. The fourth-order valence-corrected chi connectivity index (χ4v) is 2.60. The maximum absolute atomic E-state index is 12.2. The van der Waals surface area contributed by atoms with Crippen molar-refractivity contribution in [3.63, 3.8) is 0 Å². The van der Waals surface area contributed by atoms with Crippen LogP contribution in [-0.2, 0) is 0 Å². The molecule has 0 aliphatic carbocycles. The Morgan fingerprint density at radius 3 is 2.74 bits per heavy atom. The predicted molar refractivity (Wildman–Crippen MR) is 98.2 cm³/mol. The molecule has 0 aliphatic heterocycles. The van der Waals surface area contributed by atoms with Crippen LogP contribution in [0.4, 0.5) is 11.5 Å². The maximum atomic E-state index is 12.2. The summed E-state index contributed by atoms with van der Waals surface area (Å²) in [4.78, 5) is 16.5. The van der Waals surface area contributed by atoms with Crippen LogP contribution in [0.3, 0.4) is 0 Å². The highest BCUT2D eigenvalue weighted by molar-refractivity contribution is 9.10. The molecule has 0 unspecified atom stereocenters. The SMILES string of the molecule is Cc1cc(Br)ccc1Nc1cc(C(=O)NCCC(C)C)ccn1. The van der Waals surface area contributed by atoms with Crippen molar-refractivity contribution >= 4 is 33.3 Å². The van der Waals surface area contributed by atoms with Gasteiger partial charge < -0.3 is 10.6 Å². The number of halogens is 1. The molecule has 2 aromatic rings. The average molecular weight is 376 g/mol. The summed E-state index contributed by atoms with van der Waals surface area (Å²) in [6.45, 7) is 6.99. The van der Waals surface area contributed by atoms with Gasteiger partial charge in [-0.3, -0.25) is 4.79 Å². The number of carbonyl (C=O) groups excluding carboxylic acids is 1. The van der Waals surface area contributed by atoms with E-state index in [1.807, 2.05) is 25.1 Å². The first-order valence-electron chi connectivity index (χ1n) is 7.73. The Morgan fingerprint density at radius 2 is 2.04 bits per heavy atom. The fraction of sp³-hybridized carbons (Fsp3) is 0.333. The fourth-order valence-electron chi connectivity index (χ4n) is 2.12. The smallest absolute Gasteiger partial charge is 0.251 e. The van der Waals surface area contributed by atoms with E-state index >= 15 is 0 Å². The lowest BCUT2D eigenvalue weighted by Gasteiger charge is -2.11. The number of carbonyl (C=O) groups is 1. The van der Waals surface area contributed by atoms with E-state index in [0.717, 1.165) is 22.1 Å². The molecule has 1 aromatic heterocycles. The molecule has 23 heavy (non-hydrogen) atoms. The molecular formula is C18H22BrN3O. The first kappa shape index (κ1) is 17.5. The lowest BCUT2D eigenvalue weighted by atomic mass is 10.1. The highest BCUT2D eigenvalue weighted by Gasteiger charge is 2.08. The number of pyridine rings is 1. The van der Waals surface area contributed by atoms with E-state index in [-0.39, 0.29) is 5.91 Å². The van der Waals surface area contributed by atoms with Gasteiger partial charge in [-0.15, -0.1) is 0 Å². The average Bonchev–Trinajstić information content (AvgIpc) is 2.50. The number of anilines is 2. The zero-order valence-corrected chi connectivity index (χ0v) is 15.3. The van der Waals surface area contributed by atoms with E-state index < -0.39 is 0 Å². The summed E-state index contributed by atoms with van der Waals surface area (Å²) in [7, 11) is 0. The van der Waals surface area contributed by atoms with Crippen LogP contribution in [0, 0.1) is 12.8 Å². The van der Waals surface area contributed by atoms with Crippen LogP contribution in [-0.4, -0.2) is 17.4 Å². The first-order chi connectivity index (χ1) is 11.0. The summed E-state index contributed by atoms with van der Waals surface area (Å²) in [5.41, 5.74) is 2.69. The van der Waals surface area contributed by atoms with Crippen LogP contribution in [0.5, 0.6) is 0 Å². The third-order valence-electron chi connectivity index (χ3n) is 3.48. The van der Waals surface area contributed by atoms with Gasteiger partial charge in [-0.05, 0) is 55.2 Å². The van der Waals surface area contributed by atoms with Gasteiger partial charge in [0, 0.05) is 28.5 Å². The highest BCUT2D eigenvalue weighted by atomic mass is 79.9. The third kappa shape index (κ3) is 5.36. The zero-order valence-electron chi connectivity index (χ0n) is 13.7. The molecule has 1 heterocycles. The lowest BCUT2D eigenvalue weighted by Crippen LogP contribution is -2.25. The normalized spacial score (nSPS) is 10.7. The molecule has 0 aliphatic rings. The highest BCUT2D eigenvalue weighted by Crippen LogP contribution is 2.23. The van der Waals surface area contributed by atoms with Gasteiger partial charge in [0.15, 0.2) is 0 Å². The summed E-state index contributed by atoms with van der Waals surface area (Å²) in [6, 6.07) is 9.48. The van der Waals surface area contributed by atoms with E-state index in [4.69, 9.17) is 0 Å². The van der Waals surface area contributed by atoms with Gasteiger partial charge in [0.25, 0.3) is 5.91 Å². The molecular weight excluding hydrogens is 354 g/mol. The number of aromatic nitrogens is 1. The van der Waals surface area contributed by atoms with Crippen LogP contribution in [0.15, 0.2) is 41.0 Å². The molecule has 5 heteroatoms. The molecule has 0 atom stereocenters. The Balaban J connectivity index is 2.06.